The van der Waals surface area contributed by atoms with E-state index < -0.39 is 26.6 Å². The summed E-state index contributed by atoms with van der Waals surface area (Å²) < 4.78 is 41.0. The molecule has 2 aromatic rings. The Kier molecular flexibility index (Phi) is 5.59. The summed E-state index contributed by atoms with van der Waals surface area (Å²) in [5, 5.41) is 2.83. The van der Waals surface area contributed by atoms with Crippen LogP contribution in [-0.2, 0) is 15.4 Å². The first-order chi connectivity index (χ1) is 13.1. The van der Waals surface area contributed by atoms with E-state index in [9.17, 15) is 17.6 Å². The van der Waals surface area contributed by atoms with Crippen LogP contribution in [0, 0.1) is 5.82 Å². The Morgan fingerprint density at radius 3 is 2.36 bits per heavy atom. The summed E-state index contributed by atoms with van der Waals surface area (Å²) >= 11 is 0. The smallest absolute Gasteiger partial charge is 0.255 e. The molecule has 2 aromatic carbocycles. The topological polar surface area (TPSA) is 66.5 Å². The molecule has 0 radical (unpaired) electrons. The Morgan fingerprint density at radius 2 is 1.71 bits per heavy atom. The summed E-state index contributed by atoms with van der Waals surface area (Å²) in [4.78, 5) is 12.3. The lowest BCUT2D eigenvalue weighted by Gasteiger charge is -2.23. The van der Waals surface area contributed by atoms with E-state index in [0.717, 1.165) is 30.5 Å². The molecule has 1 saturated heterocycles. The third kappa shape index (κ3) is 4.10. The van der Waals surface area contributed by atoms with Crippen LogP contribution in [0.15, 0.2) is 47.4 Å². The fraction of sp³-hybridized carbons (Fsp3) is 0.381. The second kappa shape index (κ2) is 7.64. The Balaban J connectivity index is 1.92. The van der Waals surface area contributed by atoms with Gasteiger partial charge in [0.2, 0.25) is 10.0 Å². The zero-order valence-corrected chi connectivity index (χ0v) is 17.1. The molecule has 5 nitrogen and oxygen atoms in total. The molecule has 1 aliphatic rings. The molecular weight excluding hydrogens is 379 g/mol. The normalized spacial score (nSPS) is 15.6. The number of anilines is 1. The summed E-state index contributed by atoms with van der Waals surface area (Å²) in [6, 6.07) is 10.9. The van der Waals surface area contributed by atoms with Crippen LogP contribution in [0.3, 0.4) is 0 Å². The number of nitrogens with zero attached hydrogens (tertiary/aromatic N) is 1. The number of carbonyl (C=O) groups is 1. The molecule has 7 heteroatoms. The second-order valence-electron chi connectivity index (χ2n) is 8.01. The van der Waals surface area contributed by atoms with Gasteiger partial charge >= 0.3 is 0 Å². The Hall–Kier alpha value is -2.25. The first-order valence-electron chi connectivity index (χ1n) is 9.31. The zero-order chi connectivity index (χ0) is 20.5. The molecule has 0 aromatic heterocycles. The minimum absolute atomic E-state index is 0.0999. The van der Waals surface area contributed by atoms with Crippen LogP contribution in [0.2, 0.25) is 0 Å². The molecule has 1 heterocycles. The van der Waals surface area contributed by atoms with Gasteiger partial charge < -0.3 is 5.32 Å². The van der Waals surface area contributed by atoms with Gasteiger partial charge in [-0.05, 0) is 48.1 Å². The molecule has 0 saturated carbocycles. The van der Waals surface area contributed by atoms with Gasteiger partial charge in [-0.1, -0.05) is 39.0 Å². The van der Waals surface area contributed by atoms with Crippen molar-refractivity contribution >= 4 is 21.6 Å². The standard InChI is InChI=1S/C21H25FN2O3S/c1-21(2,3)16-8-4-5-9-18(16)23-20(25)15-10-11-17(22)19(14-15)28(26,27)24-12-6-7-13-24/h4-5,8-11,14H,6-7,12-13H2,1-3H3,(H,23,25). The van der Waals surface area contributed by atoms with Crippen LogP contribution in [0.4, 0.5) is 10.1 Å². The van der Waals surface area contributed by atoms with E-state index in [4.69, 9.17) is 0 Å². The number of para-hydroxylation sites is 1. The number of nitrogens with one attached hydrogen (secondary N) is 1. The van der Waals surface area contributed by atoms with Gasteiger partial charge in [0.15, 0.2) is 0 Å². The van der Waals surface area contributed by atoms with Crippen LogP contribution >= 0.6 is 0 Å². The number of benzene rings is 2. The van der Waals surface area contributed by atoms with Crippen molar-refractivity contribution in [1.29, 1.82) is 0 Å². The number of rotatable bonds is 4. The fourth-order valence-corrected chi connectivity index (χ4v) is 4.96. The maximum absolute atomic E-state index is 14.3. The molecule has 0 unspecified atom stereocenters. The highest BCUT2D eigenvalue weighted by Crippen LogP contribution is 2.30. The highest BCUT2D eigenvalue weighted by atomic mass is 32.2. The van der Waals surface area contributed by atoms with E-state index in [1.165, 1.54) is 10.4 Å². The lowest BCUT2D eigenvalue weighted by Crippen LogP contribution is -2.29. The molecule has 0 spiro atoms. The Morgan fingerprint density at radius 1 is 1.07 bits per heavy atom. The molecule has 0 aliphatic carbocycles. The molecule has 150 valence electrons. The number of hydrogen-bond acceptors (Lipinski definition) is 3. The molecule has 28 heavy (non-hydrogen) atoms. The van der Waals surface area contributed by atoms with E-state index in [2.05, 4.69) is 5.32 Å². The van der Waals surface area contributed by atoms with Crippen molar-refractivity contribution in [2.24, 2.45) is 0 Å². The van der Waals surface area contributed by atoms with E-state index in [-0.39, 0.29) is 11.0 Å². The predicted octanol–water partition coefficient (Wildman–Crippen LogP) is 4.16. The molecule has 1 amide bonds. The zero-order valence-electron chi connectivity index (χ0n) is 16.3. The first kappa shape index (κ1) is 20.5. The quantitative estimate of drug-likeness (QED) is 0.832. The average Bonchev–Trinajstić information content (AvgIpc) is 3.17. The lowest BCUT2D eigenvalue weighted by atomic mass is 9.86. The van der Waals surface area contributed by atoms with Crippen LogP contribution < -0.4 is 5.32 Å². The number of carbonyl (C=O) groups excluding carboxylic acids is 1. The molecule has 1 fully saturated rings. The number of sulfonamides is 1. The highest BCUT2D eigenvalue weighted by molar-refractivity contribution is 7.89. The minimum Gasteiger partial charge on any atom is -0.322 e. The van der Waals surface area contributed by atoms with Crippen molar-refractivity contribution in [1.82, 2.24) is 4.31 Å². The summed E-state index contributed by atoms with van der Waals surface area (Å²) in [5.74, 6) is -1.33. The van der Waals surface area contributed by atoms with Crippen LogP contribution in [-0.4, -0.2) is 31.7 Å². The van der Waals surface area contributed by atoms with Gasteiger partial charge in [-0.2, -0.15) is 4.31 Å². The van der Waals surface area contributed by atoms with Gasteiger partial charge in [0, 0.05) is 24.3 Å². The minimum atomic E-state index is -3.95. The molecule has 1 N–H and O–H groups in total. The SMILES string of the molecule is CC(C)(C)c1ccccc1NC(=O)c1ccc(F)c(S(=O)(=O)N2CCCC2)c1. The maximum atomic E-state index is 14.3. The molecular formula is C21H25FN2O3S. The van der Waals surface area contributed by atoms with E-state index >= 15 is 0 Å². The first-order valence-corrected chi connectivity index (χ1v) is 10.8. The van der Waals surface area contributed by atoms with Crippen molar-refractivity contribution in [3.63, 3.8) is 0 Å². The van der Waals surface area contributed by atoms with E-state index in [0.29, 0.717) is 18.8 Å². The molecule has 3 rings (SSSR count). The molecule has 0 bridgehead atoms. The van der Waals surface area contributed by atoms with Gasteiger partial charge in [-0.15, -0.1) is 0 Å². The van der Waals surface area contributed by atoms with Gasteiger partial charge in [0.05, 0.1) is 0 Å². The van der Waals surface area contributed by atoms with Gasteiger partial charge in [-0.3, -0.25) is 4.79 Å². The van der Waals surface area contributed by atoms with Gasteiger partial charge in [0.1, 0.15) is 10.7 Å². The van der Waals surface area contributed by atoms with Crippen LogP contribution in [0.25, 0.3) is 0 Å². The van der Waals surface area contributed by atoms with Gasteiger partial charge in [-0.25, -0.2) is 12.8 Å². The third-order valence-corrected chi connectivity index (χ3v) is 6.77. The van der Waals surface area contributed by atoms with Crippen LogP contribution in [0.1, 0.15) is 49.5 Å². The van der Waals surface area contributed by atoms with Crippen LogP contribution in [0.5, 0.6) is 0 Å². The second-order valence-corrected chi connectivity index (χ2v) is 9.91. The summed E-state index contributed by atoms with van der Waals surface area (Å²) in [5.41, 5.74) is 1.52. The summed E-state index contributed by atoms with van der Waals surface area (Å²) in [6.07, 6.45) is 1.51. The average molecular weight is 405 g/mol. The van der Waals surface area contributed by atoms with Crippen molar-refractivity contribution in [2.45, 2.75) is 43.9 Å². The number of amides is 1. The van der Waals surface area contributed by atoms with Crippen molar-refractivity contribution in [3.05, 3.63) is 59.4 Å². The fourth-order valence-electron chi connectivity index (χ4n) is 3.35. The largest absolute Gasteiger partial charge is 0.322 e. The molecule has 1 aliphatic heterocycles. The lowest BCUT2D eigenvalue weighted by molar-refractivity contribution is 0.102. The maximum Gasteiger partial charge on any atom is 0.255 e. The third-order valence-electron chi connectivity index (χ3n) is 4.86. The van der Waals surface area contributed by atoms with Crippen molar-refractivity contribution in [2.75, 3.05) is 18.4 Å². The van der Waals surface area contributed by atoms with Crippen molar-refractivity contribution in [3.8, 4) is 0 Å². The predicted molar refractivity (Wildman–Crippen MR) is 107 cm³/mol. The van der Waals surface area contributed by atoms with Gasteiger partial charge in [0.25, 0.3) is 5.91 Å². The summed E-state index contributed by atoms with van der Waals surface area (Å²) in [7, 11) is -3.95. The monoisotopic (exact) mass is 404 g/mol. The van der Waals surface area contributed by atoms with E-state index in [1.54, 1.807) is 6.07 Å². The Bertz CT molecular complexity index is 991. The van der Waals surface area contributed by atoms with Crippen molar-refractivity contribution < 1.29 is 17.6 Å². The molecule has 0 atom stereocenters. The van der Waals surface area contributed by atoms with E-state index in [1.807, 2.05) is 39.0 Å². The summed E-state index contributed by atoms with van der Waals surface area (Å²) in [6.45, 7) is 6.86. The Labute approximate surface area is 165 Å². The highest BCUT2D eigenvalue weighted by Gasteiger charge is 2.30. The number of hydrogen-bond donors (Lipinski definition) is 1. The number of halogens is 1.